The maximum absolute atomic E-state index is 12.8. The predicted octanol–water partition coefficient (Wildman–Crippen LogP) is 1.95. The highest BCUT2D eigenvalue weighted by atomic mass is 32.2. The molecule has 0 spiro atoms. The van der Waals surface area contributed by atoms with Gasteiger partial charge in [0, 0.05) is 6.20 Å². The number of fused-ring (bicyclic) bond motifs is 1. The molecule has 0 amide bonds. The minimum absolute atomic E-state index is 0.0210. The molecule has 3 aromatic rings. The van der Waals surface area contributed by atoms with E-state index in [0.717, 1.165) is 17.6 Å². The molecule has 0 radical (unpaired) electrons. The molecule has 0 aliphatic heterocycles. The van der Waals surface area contributed by atoms with E-state index in [2.05, 4.69) is 9.82 Å². The first-order chi connectivity index (χ1) is 10.0. The topological polar surface area (TPSA) is 63.5 Å². The SMILES string of the molecule is O=S(=O)(NCc1cc2ccccn2n1)c1ccc(F)cc1. The van der Waals surface area contributed by atoms with Crippen LogP contribution in [0, 0.1) is 5.82 Å². The van der Waals surface area contributed by atoms with Crippen LogP contribution in [0.15, 0.2) is 59.6 Å². The zero-order valence-electron chi connectivity index (χ0n) is 10.9. The number of aromatic nitrogens is 2. The van der Waals surface area contributed by atoms with Crippen molar-refractivity contribution in [2.24, 2.45) is 0 Å². The normalized spacial score (nSPS) is 11.9. The Kier molecular flexibility index (Phi) is 3.44. The van der Waals surface area contributed by atoms with Crippen LogP contribution in [0.25, 0.3) is 5.52 Å². The summed E-state index contributed by atoms with van der Waals surface area (Å²) in [5.41, 5.74) is 1.49. The van der Waals surface area contributed by atoms with Gasteiger partial charge in [0.1, 0.15) is 5.82 Å². The summed E-state index contributed by atoms with van der Waals surface area (Å²) in [6.07, 6.45) is 1.79. The lowest BCUT2D eigenvalue weighted by Gasteiger charge is -2.04. The summed E-state index contributed by atoms with van der Waals surface area (Å²) in [5, 5.41) is 4.25. The first kappa shape index (κ1) is 13.7. The molecular formula is C14H12FN3O2S. The van der Waals surface area contributed by atoms with E-state index < -0.39 is 15.8 Å². The van der Waals surface area contributed by atoms with Crippen molar-refractivity contribution in [3.05, 3.63) is 66.2 Å². The van der Waals surface area contributed by atoms with Crippen molar-refractivity contribution in [2.75, 3.05) is 0 Å². The number of nitrogens with zero attached hydrogens (tertiary/aromatic N) is 2. The average Bonchev–Trinajstić information content (AvgIpc) is 2.89. The molecule has 0 fully saturated rings. The number of hydrogen-bond acceptors (Lipinski definition) is 3. The third-order valence-corrected chi connectivity index (χ3v) is 4.40. The molecule has 2 heterocycles. The summed E-state index contributed by atoms with van der Waals surface area (Å²) in [6, 6.07) is 12.1. The second-order valence-electron chi connectivity index (χ2n) is 4.48. The van der Waals surface area contributed by atoms with E-state index in [1.807, 2.05) is 18.2 Å². The van der Waals surface area contributed by atoms with Gasteiger partial charge in [-0.2, -0.15) is 5.10 Å². The minimum Gasteiger partial charge on any atom is -0.241 e. The maximum atomic E-state index is 12.8. The average molecular weight is 305 g/mol. The molecule has 0 unspecified atom stereocenters. The largest absolute Gasteiger partial charge is 0.241 e. The summed E-state index contributed by atoms with van der Waals surface area (Å²) in [4.78, 5) is 0.0210. The van der Waals surface area contributed by atoms with Crippen molar-refractivity contribution < 1.29 is 12.8 Å². The Hall–Kier alpha value is -2.25. The standard InChI is InChI=1S/C14H12FN3O2S/c15-11-4-6-14(7-5-11)21(19,20)16-10-12-9-13-3-1-2-8-18(13)17-12/h1-9,16H,10H2. The Morgan fingerprint density at radius 2 is 1.90 bits per heavy atom. The number of sulfonamides is 1. The lowest BCUT2D eigenvalue weighted by atomic mass is 10.3. The van der Waals surface area contributed by atoms with E-state index in [-0.39, 0.29) is 11.4 Å². The quantitative estimate of drug-likeness (QED) is 0.801. The fourth-order valence-electron chi connectivity index (χ4n) is 1.94. The molecular weight excluding hydrogens is 293 g/mol. The molecule has 0 saturated heterocycles. The minimum atomic E-state index is -3.68. The third kappa shape index (κ3) is 2.93. The molecule has 1 N–H and O–H groups in total. The first-order valence-electron chi connectivity index (χ1n) is 6.23. The Balaban J connectivity index is 1.78. The molecule has 0 aliphatic carbocycles. The van der Waals surface area contributed by atoms with Crippen LogP contribution in [0.4, 0.5) is 4.39 Å². The van der Waals surface area contributed by atoms with Crippen LogP contribution in [0.5, 0.6) is 0 Å². The van der Waals surface area contributed by atoms with Gasteiger partial charge >= 0.3 is 0 Å². The Labute approximate surface area is 121 Å². The van der Waals surface area contributed by atoms with E-state index in [0.29, 0.717) is 5.69 Å². The van der Waals surface area contributed by atoms with Crippen molar-refractivity contribution in [3.8, 4) is 0 Å². The van der Waals surface area contributed by atoms with Gasteiger partial charge in [0.15, 0.2) is 0 Å². The third-order valence-electron chi connectivity index (χ3n) is 2.99. The van der Waals surface area contributed by atoms with Crippen LogP contribution in [0.3, 0.4) is 0 Å². The zero-order chi connectivity index (χ0) is 14.9. The molecule has 108 valence electrons. The molecule has 0 saturated carbocycles. The van der Waals surface area contributed by atoms with Gasteiger partial charge in [-0.3, -0.25) is 0 Å². The molecule has 21 heavy (non-hydrogen) atoms. The molecule has 0 atom stereocenters. The molecule has 0 bridgehead atoms. The van der Waals surface area contributed by atoms with E-state index in [1.54, 1.807) is 16.8 Å². The van der Waals surface area contributed by atoms with Crippen LogP contribution in [0.1, 0.15) is 5.69 Å². The lowest BCUT2D eigenvalue weighted by molar-refractivity contribution is 0.579. The summed E-state index contributed by atoms with van der Waals surface area (Å²) < 4.78 is 41.1. The van der Waals surface area contributed by atoms with Crippen molar-refractivity contribution in [1.29, 1.82) is 0 Å². The Bertz CT molecular complexity index is 840. The zero-order valence-corrected chi connectivity index (χ0v) is 11.7. The van der Waals surface area contributed by atoms with Crippen LogP contribution in [-0.4, -0.2) is 18.0 Å². The van der Waals surface area contributed by atoms with Crippen molar-refractivity contribution in [2.45, 2.75) is 11.4 Å². The van der Waals surface area contributed by atoms with E-state index in [4.69, 9.17) is 0 Å². The van der Waals surface area contributed by atoms with Gasteiger partial charge in [-0.1, -0.05) is 6.07 Å². The fourth-order valence-corrected chi connectivity index (χ4v) is 2.94. The van der Waals surface area contributed by atoms with E-state index >= 15 is 0 Å². The van der Waals surface area contributed by atoms with Gasteiger partial charge in [0.05, 0.1) is 22.7 Å². The van der Waals surface area contributed by atoms with Crippen molar-refractivity contribution >= 4 is 15.5 Å². The second-order valence-corrected chi connectivity index (χ2v) is 6.25. The summed E-state index contributed by atoms with van der Waals surface area (Å²) in [5.74, 6) is -0.477. The van der Waals surface area contributed by atoms with Crippen LogP contribution in [0.2, 0.25) is 0 Å². The van der Waals surface area contributed by atoms with Gasteiger partial charge in [0.2, 0.25) is 10.0 Å². The summed E-state index contributed by atoms with van der Waals surface area (Å²) in [7, 11) is -3.68. The van der Waals surface area contributed by atoms with Crippen LogP contribution in [-0.2, 0) is 16.6 Å². The number of halogens is 1. The summed E-state index contributed by atoms with van der Waals surface area (Å²) in [6.45, 7) is 0.0708. The Morgan fingerprint density at radius 3 is 2.62 bits per heavy atom. The predicted molar refractivity (Wildman–Crippen MR) is 75.6 cm³/mol. The smallest absolute Gasteiger partial charge is 0.240 e. The molecule has 0 aliphatic rings. The second kappa shape index (κ2) is 5.27. The fraction of sp³-hybridized carbons (Fsp3) is 0.0714. The molecule has 5 nitrogen and oxygen atoms in total. The van der Waals surface area contributed by atoms with Crippen LogP contribution < -0.4 is 4.72 Å². The molecule has 7 heteroatoms. The summed E-state index contributed by atoms with van der Waals surface area (Å²) >= 11 is 0. The van der Waals surface area contributed by atoms with Gasteiger partial charge in [-0.15, -0.1) is 0 Å². The molecule has 3 rings (SSSR count). The number of rotatable bonds is 4. The number of hydrogen-bond donors (Lipinski definition) is 1. The highest BCUT2D eigenvalue weighted by molar-refractivity contribution is 7.89. The molecule has 2 aromatic heterocycles. The van der Waals surface area contributed by atoms with Gasteiger partial charge < -0.3 is 0 Å². The number of pyridine rings is 1. The molecule has 1 aromatic carbocycles. The van der Waals surface area contributed by atoms with Gasteiger partial charge in [-0.05, 0) is 42.5 Å². The maximum Gasteiger partial charge on any atom is 0.240 e. The van der Waals surface area contributed by atoms with Crippen molar-refractivity contribution in [1.82, 2.24) is 14.3 Å². The van der Waals surface area contributed by atoms with Gasteiger partial charge in [0.25, 0.3) is 0 Å². The number of nitrogens with one attached hydrogen (secondary N) is 1. The van der Waals surface area contributed by atoms with Crippen LogP contribution >= 0.6 is 0 Å². The number of benzene rings is 1. The monoisotopic (exact) mass is 305 g/mol. The highest BCUT2D eigenvalue weighted by Crippen LogP contribution is 2.11. The van der Waals surface area contributed by atoms with Gasteiger partial charge in [-0.25, -0.2) is 22.0 Å². The highest BCUT2D eigenvalue weighted by Gasteiger charge is 2.14. The first-order valence-corrected chi connectivity index (χ1v) is 7.71. The lowest BCUT2D eigenvalue weighted by Crippen LogP contribution is -2.23. The van der Waals surface area contributed by atoms with E-state index in [1.165, 1.54) is 12.1 Å². The Morgan fingerprint density at radius 1 is 1.14 bits per heavy atom. The van der Waals surface area contributed by atoms with Crippen molar-refractivity contribution in [3.63, 3.8) is 0 Å². The van der Waals surface area contributed by atoms with E-state index in [9.17, 15) is 12.8 Å².